The number of ether oxygens (including phenoxy) is 2. The molecular formula is C20H23N3O4. The molecule has 7 nitrogen and oxygen atoms in total. The Morgan fingerprint density at radius 3 is 2.70 bits per heavy atom. The first-order valence-electron chi connectivity index (χ1n) is 9.50. The maximum absolute atomic E-state index is 12.5. The van der Waals surface area contributed by atoms with E-state index in [0.29, 0.717) is 23.7 Å². The first-order valence-corrected chi connectivity index (χ1v) is 9.50. The highest BCUT2D eigenvalue weighted by Gasteiger charge is 2.42. The van der Waals surface area contributed by atoms with Gasteiger partial charge >= 0.3 is 0 Å². The normalized spacial score (nSPS) is 17.1. The monoisotopic (exact) mass is 369 g/mol. The summed E-state index contributed by atoms with van der Waals surface area (Å²) in [6.45, 7) is 2.43. The van der Waals surface area contributed by atoms with Crippen molar-refractivity contribution in [1.29, 1.82) is 0 Å². The van der Waals surface area contributed by atoms with Crippen molar-refractivity contribution in [2.24, 2.45) is 0 Å². The van der Waals surface area contributed by atoms with Crippen molar-refractivity contribution in [2.75, 3.05) is 5.32 Å². The van der Waals surface area contributed by atoms with Gasteiger partial charge in [0.05, 0.1) is 0 Å². The van der Waals surface area contributed by atoms with Crippen LogP contribution in [0.1, 0.15) is 55.9 Å². The molecule has 2 aromatic rings. The lowest BCUT2D eigenvalue weighted by Gasteiger charge is -2.31. The highest BCUT2D eigenvalue weighted by Crippen LogP contribution is 2.46. The lowest BCUT2D eigenvalue weighted by atomic mass is 9.94. The molecule has 4 rings (SSSR count). The van der Waals surface area contributed by atoms with Crippen LogP contribution in [0.15, 0.2) is 35.1 Å². The van der Waals surface area contributed by atoms with Crippen molar-refractivity contribution in [2.45, 2.75) is 57.8 Å². The lowest BCUT2D eigenvalue weighted by Crippen LogP contribution is -2.40. The minimum Gasteiger partial charge on any atom is -0.448 e. The van der Waals surface area contributed by atoms with E-state index in [4.69, 9.17) is 9.47 Å². The molecule has 0 saturated heterocycles. The second-order valence-corrected chi connectivity index (χ2v) is 7.07. The lowest BCUT2D eigenvalue weighted by molar-refractivity contribution is -0.105. The highest BCUT2D eigenvalue weighted by molar-refractivity contribution is 6.02. The van der Waals surface area contributed by atoms with Gasteiger partial charge in [-0.2, -0.15) is 5.10 Å². The number of carbonyl (C=O) groups excluding carboxylic acids is 1. The molecule has 27 heavy (non-hydrogen) atoms. The number of hydrogen-bond acceptors (Lipinski definition) is 5. The first kappa shape index (κ1) is 17.6. The van der Waals surface area contributed by atoms with E-state index in [1.54, 1.807) is 12.1 Å². The Balaban J connectivity index is 1.50. The predicted octanol–water partition coefficient (Wildman–Crippen LogP) is 3.34. The minimum absolute atomic E-state index is 0.199. The van der Waals surface area contributed by atoms with Crippen molar-refractivity contribution >= 4 is 11.6 Å². The number of hydrogen-bond donors (Lipinski definition) is 1. The zero-order chi connectivity index (χ0) is 18.9. The third-order valence-corrected chi connectivity index (χ3v) is 4.94. The fourth-order valence-electron chi connectivity index (χ4n) is 3.60. The number of rotatable bonds is 4. The van der Waals surface area contributed by atoms with E-state index >= 15 is 0 Å². The van der Waals surface area contributed by atoms with Crippen molar-refractivity contribution in [3.63, 3.8) is 0 Å². The van der Waals surface area contributed by atoms with Crippen LogP contribution in [0.4, 0.5) is 5.69 Å². The van der Waals surface area contributed by atoms with Crippen LogP contribution in [0, 0.1) is 0 Å². The molecule has 1 amide bonds. The summed E-state index contributed by atoms with van der Waals surface area (Å²) in [6.07, 6.45) is 5.92. The van der Waals surface area contributed by atoms with E-state index in [0.717, 1.165) is 32.1 Å². The molecule has 1 saturated carbocycles. The van der Waals surface area contributed by atoms with Crippen LogP contribution in [0.2, 0.25) is 0 Å². The number of benzene rings is 1. The fraction of sp³-hybridized carbons (Fsp3) is 0.450. The van der Waals surface area contributed by atoms with Gasteiger partial charge in [0.15, 0.2) is 11.5 Å². The average molecular weight is 369 g/mol. The number of aryl methyl sites for hydroxylation is 1. The molecule has 0 unspecified atom stereocenters. The van der Waals surface area contributed by atoms with E-state index in [1.807, 2.05) is 13.0 Å². The molecule has 1 spiro atoms. The molecule has 1 fully saturated rings. The van der Waals surface area contributed by atoms with Crippen molar-refractivity contribution in [1.82, 2.24) is 9.78 Å². The summed E-state index contributed by atoms with van der Waals surface area (Å²) < 4.78 is 13.5. The minimum atomic E-state index is -0.541. The zero-order valence-corrected chi connectivity index (χ0v) is 15.4. The quantitative estimate of drug-likeness (QED) is 0.894. The van der Waals surface area contributed by atoms with Crippen LogP contribution >= 0.6 is 0 Å². The molecule has 1 aromatic carbocycles. The Hall–Kier alpha value is -2.83. The molecular weight excluding hydrogens is 346 g/mol. The van der Waals surface area contributed by atoms with Gasteiger partial charge in [0.1, 0.15) is 5.69 Å². The molecule has 1 aliphatic carbocycles. The summed E-state index contributed by atoms with van der Waals surface area (Å²) in [6, 6.07) is 8.18. The number of amides is 1. The molecule has 0 radical (unpaired) electrons. The van der Waals surface area contributed by atoms with Crippen molar-refractivity contribution in [3.8, 4) is 11.5 Å². The summed E-state index contributed by atoms with van der Waals surface area (Å²) >= 11 is 0. The second-order valence-electron chi connectivity index (χ2n) is 7.07. The summed E-state index contributed by atoms with van der Waals surface area (Å²) in [5.41, 5.74) is 0.587. The summed E-state index contributed by atoms with van der Waals surface area (Å²) in [5, 5.41) is 6.95. The summed E-state index contributed by atoms with van der Waals surface area (Å²) in [4.78, 5) is 24.3. The first-order chi connectivity index (χ1) is 13.1. The SMILES string of the molecule is CCCn1nc(C(=O)Nc2ccc3c(c2)OC2(CCCCC2)O3)ccc1=O. The van der Waals surface area contributed by atoms with Gasteiger partial charge in [-0.05, 0) is 37.5 Å². The molecule has 1 N–H and O–H groups in total. The molecule has 142 valence electrons. The smallest absolute Gasteiger partial charge is 0.276 e. The van der Waals surface area contributed by atoms with Gasteiger partial charge in [-0.3, -0.25) is 9.59 Å². The van der Waals surface area contributed by atoms with Gasteiger partial charge in [0.2, 0.25) is 0 Å². The number of nitrogens with one attached hydrogen (secondary N) is 1. The number of fused-ring (bicyclic) bond motifs is 1. The van der Waals surface area contributed by atoms with Crippen LogP contribution < -0.4 is 20.3 Å². The van der Waals surface area contributed by atoms with Crippen LogP contribution in [0.3, 0.4) is 0 Å². The molecule has 1 aliphatic heterocycles. The van der Waals surface area contributed by atoms with E-state index in [2.05, 4.69) is 10.4 Å². The van der Waals surface area contributed by atoms with Crippen LogP contribution in [-0.4, -0.2) is 21.5 Å². The van der Waals surface area contributed by atoms with E-state index in [-0.39, 0.29) is 17.2 Å². The molecule has 0 bridgehead atoms. The standard InChI is InChI=1S/C20H23N3O4/c1-2-12-23-18(24)9-7-15(22-23)19(25)21-14-6-8-16-17(13-14)27-20(26-16)10-4-3-5-11-20/h6-9,13H,2-5,10-12H2,1H3,(H,21,25). The van der Waals surface area contributed by atoms with Crippen molar-refractivity contribution < 1.29 is 14.3 Å². The van der Waals surface area contributed by atoms with Crippen molar-refractivity contribution in [3.05, 3.63) is 46.4 Å². The van der Waals surface area contributed by atoms with Gasteiger partial charge in [-0.25, -0.2) is 4.68 Å². The van der Waals surface area contributed by atoms with E-state index < -0.39 is 5.79 Å². The van der Waals surface area contributed by atoms with Crippen LogP contribution in [0.5, 0.6) is 11.5 Å². The summed E-state index contributed by atoms with van der Waals surface area (Å²) in [5.74, 6) is 0.453. The molecule has 2 heterocycles. The third kappa shape index (κ3) is 3.54. The molecule has 0 atom stereocenters. The van der Waals surface area contributed by atoms with Gasteiger partial charge < -0.3 is 14.8 Å². The topological polar surface area (TPSA) is 82.5 Å². The summed E-state index contributed by atoms with van der Waals surface area (Å²) in [7, 11) is 0. The number of carbonyl (C=O) groups is 1. The number of anilines is 1. The molecule has 2 aliphatic rings. The maximum atomic E-state index is 12.5. The number of aromatic nitrogens is 2. The average Bonchev–Trinajstić information content (AvgIpc) is 3.00. The predicted molar refractivity (Wildman–Crippen MR) is 100 cm³/mol. The highest BCUT2D eigenvalue weighted by atomic mass is 16.7. The molecule has 7 heteroatoms. The Labute approximate surface area is 157 Å². The maximum Gasteiger partial charge on any atom is 0.276 e. The Kier molecular flexibility index (Phi) is 4.59. The zero-order valence-electron chi connectivity index (χ0n) is 15.4. The Morgan fingerprint density at radius 1 is 1.15 bits per heavy atom. The number of nitrogens with zero attached hydrogens (tertiary/aromatic N) is 2. The van der Waals surface area contributed by atoms with Gasteiger partial charge in [0.25, 0.3) is 17.3 Å². The molecule has 1 aromatic heterocycles. The van der Waals surface area contributed by atoms with E-state index in [9.17, 15) is 9.59 Å². The van der Waals surface area contributed by atoms with E-state index in [1.165, 1.54) is 23.2 Å². The van der Waals surface area contributed by atoms with Crippen LogP contribution in [-0.2, 0) is 6.54 Å². The van der Waals surface area contributed by atoms with Gasteiger partial charge in [-0.1, -0.05) is 13.3 Å². The van der Waals surface area contributed by atoms with Crippen LogP contribution in [0.25, 0.3) is 0 Å². The fourth-order valence-corrected chi connectivity index (χ4v) is 3.60. The van der Waals surface area contributed by atoms with Gasteiger partial charge in [-0.15, -0.1) is 0 Å². The Bertz CT molecular complexity index is 916. The third-order valence-electron chi connectivity index (χ3n) is 4.94. The largest absolute Gasteiger partial charge is 0.448 e. The second kappa shape index (κ2) is 7.06. The van der Waals surface area contributed by atoms with Gasteiger partial charge in [0, 0.05) is 37.2 Å². The Morgan fingerprint density at radius 2 is 1.93 bits per heavy atom.